The Morgan fingerprint density at radius 3 is 2.72 bits per heavy atom. The molecule has 1 atom stereocenters. The predicted molar refractivity (Wildman–Crippen MR) is 108 cm³/mol. The molecule has 4 rings (SSSR count). The summed E-state index contributed by atoms with van der Waals surface area (Å²) in [7, 11) is 0. The third-order valence-corrected chi connectivity index (χ3v) is 4.82. The van der Waals surface area contributed by atoms with Crippen molar-refractivity contribution in [1.29, 1.82) is 0 Å². The van der Waals surface area contributed by atoms with Crippen LogP contribution >= 0.6 is 0 Å². The number of fused-ring (bicyclic) bond motifs is 1. The number of carbonyl (C=O) groups excluding carboxylic acids is 2. The number of ether oxygens (including phenoxy) is 2. The molecule has 2 aromatic carbocycles. The first-order valence-electron chi connectivity index (χ1n) is 9.37. The summed E-state index contributed by atoms with van der Waals surface area (Å²) in [5, 5.41) is 9.57. The number of carbonyl (C=O) groups is 2. The molecule has 29 heavy (non-hydrogen) atoms. The number of nitrogens with zero attached hydrogens (tertiary/aromatic N) is 1. The zero-order valence-electron chi connectivity index (χ0n) is 16.2. The van der Waals surface area contributed by atoms with E-state index >= 15 is 0 Å². The highest BCUT2D eigenvalue weighted by atomic mass is 16.7. The molecule has 0 saturated carbocycles. The van der Waals surface area contributed by atoms with Gasteiger partial charge in [0.2, 0.25) is 12.9 Å². The summed E-state index contributed by atoms with van der Waals surface area (Å²) in [6.45, 7) is 4.00. The Morgan fingerprint density at radius 2 is 1.93 bits per heavy atom. The second kappa shape index (κ2) is 7.83. The van der Waals surface area contributed by atoms with E-state index < -0.39 is 6.10 Å². The van der Waals surface area contributed by atoms with Crippen LogP contribution in [0.4, 0.5) is 11.4 Å². The van der Waals surface area contributed by atoms with Gasteiger partial charge < -0.3 is 24.9 Å². The quantitative estimate of drug-likeness (QED) is 0.808. The molecule has 8 nitrogen and oxygen atoms in total. The molecule has 0 fully saturated rings. The Hall–Kier alpha value is -3.55. The van der Waals surface area contributed by atoms with Crippen LogP contribution < -0.4 is 20.1 Å². The van der Waals surface area contributed by atoms with E-state index in [9.17, 15) is 9.59 Å². The summed E-state index contributed by atoms with van der Waals surface area (Å²) in [6.07, 6.45) is 0.583. The molecule has 0 spiro atoms. The van der Waals surface area contributed by atoms with Crippen molar-refractivity contribution >= 4 is 28.9 Å². The summed E-state index contributed by atoms with van der Waals surface area (Å²) in [5.74, 6) is 0.652. The molecule has 2 aromatic rings. The number of anilines is 2. The van der Waals surface area contributed by atoms with E-state index in [0.29, 0.717) is 34.9 Å². The van der Waals surface area contributed by atoms with Crippen molar-refractivity contribution in [3.05, 3.63) is 47.5 Å². The van der Waals surface area contributed by atoms with Crippen molar-refractivity contribution in [2.45, 2.75) is 32.8 Å². The molecule has 0 saturated heterocycles. The first-order valence-corrected chi connectivity index (χ1v) is 9.37. The van der Waals surface area contributed by atoms with Crippen molar-refractivity contribution in [2.75, 3.05) is 17.4 Å². The van der Waals surface area contributed by atoms with E-state index in [1.165, 1.54) is 0 Å². The zero-order valence-corrected chi connectivity index (χ0v) is 16.2. The van der Waals surface area contributed by atoms with Crippen LogP contribution in [0.15, 0.2) is 41.6 Å². The normalized spacial score (nSPS) is 16.8. The zero-order chi connectivity index (χ0) is 20.4. The Labute approximate surface area is 167 Å². The highest BCUT2D eigenvalue weighted by Gasteiger charge is 2.27. The van der Waals surface area contributed by atoms with Gasteiger partial charge in [0.25, 0.3) is 11.8 Å². The Morgan fingerprint density at radius 1 is 1.10 bits per heavy atom. The Kier molecular flexibility index (Phi) is 5.07. The monoisotopic (exact) mass is 395 g/mol. The first-order chi connectivity index (χ1) is 14.0. The van der Waals surface area contributed by atoms with Crippen molar-refractivity contribution in [3.63, 3.8) is 0 Å². The van der Waals surface area contributed by atoms with Crippen molar-refractivity contribution in [2.24, 2.45) is 5.16 Å². The van der Waals surface area contributed by atoms with Gasteiger partial charge in [0.15, 0.2) is 11.5 Å². The van der Waals surface area contributed by atoms with Gasteiger partial charge in [-0.15, -0.1) is 0 Å². The molecule has 2 aliphatic rings. The van der Waals surface area contributed by atoms with Gasteiger partial charge in [0.1, 0.15) is 0 Å². The molecule has 2 amide bonds. The van der Waals surface area contributed by atoms with Crippen molar-refractivity contribution in [3.8, 4) is 11.5 Å². The standard InChI is InChI=1S/C21H21N3O5/c1-3-14-9-19(29-24-14)21(26)23-16-8-13(5-4-12(16)2)20(25)22-15-6-7-17-18(10-15)28-11-27-17/h4-8,10,19H,3,9,11H2,1-2H3,(H,22,25)(H,23,26). The molecule has 2 N–H and O–H groups in total. The lowest BCUT2D eigenvalue weighted by molar-refractivity contribution is -0.125. The van der Waals surface area contributed by atoms with Gasteiger partial charge in [-0.25, -0.2) is 0 Å². The van der Waals surface area contributed by atoms with Crippen LogP contribution in [0.3, 0.4) is 0 Å². The summed E-state index contributed by atoms with van der Waals surface area (Å²) in [4.78, 5) is 30.3. The lowest BCUT2D eigenvalue weighted by Crippen LogP contribution is -2.28. The smallest absolute Gasteiger partial charge is 0.268 e. The van der Waals surface area contributed by atoms with Crippen LogP contribution in [0.2, 0.25) is 0 Å². The molecule has 8 heteroatoms. The van der Waals surface area contributed by atoms with Crippen molar-refractivity contribution in [1.82, 2.24) is 0 Å². The maximum absolute atomic E-state index is 12.7. The molecule has 0 aromatic heterocycles. The summed E-state index contributed by atoms with van der Waals surface area (Å²) in [6, 6.07) is 10.3. The first kappa shape index (κ1) is 18.8. The number of benzene rings is 2. The van der Waals surface area contributed by atoms with Crippen LogP contribution in [0.5, 0.6) is 11.5 Å². The molecular formula is C21H21N3O5. The average Bonchev–Trinajstić information content (AvgIpc) is 3.38. The number of oxime groups is 1. The SMILES string of the molecule is CCC1=NOC(C(=O)Nc2cc(C(=O)Nc3ccc4c(c3)OCO4)ccc2C)C1. The van der Waals surface area contributed by atoms with E-state index in [4.69, 9.17) is 14.3 Å². The Balaban J connectivity index is 1.45. The maximum atomic E-state index is 12.7. The van der Waals surface area contributed by atoms with Crippen LogP contribution in [-0.2, 0) is 9.63 Å². The van der Waals surface area contributed by atoms with Crippen LogP contribution in [0, 0.1) is 6.92 Å². The largest absolute Gasteiger partial charge is 0.454 e. The maximum Gasteiger partial charge on any atom is 0.268 e. The third kappa shape index (κ3) is 4.01. The summed E-state index contributed by atoms with van der Waals surface area (Å²) < 4.78 is 10.6. The van der Waals surface area contributed by atoms with Gasteiger partial charge in [0.05, 0.1) is 5.71 Å². The van der Waals surface area contributed by atoms with Gasteiger partial charge in [0, 0.05) is 29.4 Å². The van der Waals surface area contributed by atoms with Gasteiger partial charge in [-0.2, -0.15) is 0 Å². The molecule has 2 heterocycles. The van der Waals surface area contributed by atoms with Crippen LogP contribution in [0.25, 0.3) is 0 Å². The topological polar surface area (TPSA) is 98.2 Å². The molecular weight excluding hydrogens is 374 g/mol. The average molecular weight is 395 g/mol. The fraction of sp³-hybridized carbons (Fsp3) is 0.286. The number of hydrogen-bond donors (Lipinski definition) is 2. The second-order valence-corrected chi connectivity index (χ2v) is 6.85. The number of hydrogen-bond acceptors (Lipinski definition) is 6. The lowest BCUT2D eigenvalue weighted by atomic mass is 10.1. The van der Waals surface area contributed by atoms with Crippen LogP contribution in [0.1, 0.15) is 35.7 Å². The molecule has 0 aliphatic carbocycles. The molecule has 1 unspecified atom stereocenters. The van der Waals surface area contributed by atoms with E-state index in [1.807, 2.05) is 13.8 Å². The molecule has 0 radical (unpaired) electrons. The Bertz CT molecular complexity index is 1000. The van der Waals surface area contributed by atoms with Gasteiger partial charge >= 0.3 is 0 Å². The third-order valence-electron chi connectivity index (χ3n) is 4.82. The number of rotatable bonds is 5. The predicted octanol–water partition coefficient (Wildman–Crippen LogP) is 3.47. The fourth-order valence-electron chi connectivity index (χ4n) is 3.06. The second-order valence-electron chi connectivity index (χ2n) is 6.85. The number of nitrogens with one attached hydrogen (secondary N) is 2. The lowest BCUT2D eigenvalue weighted by Gasteiger charge is -2.13. The number of aryl methyl sites for hydroxylation is 1. The number of amides is 2. The molecule has 150 valence electrons. The van der Waals surface area contributed by atoms with Gasteiger partial charge in [-0.3, -0.25) is 9.59 Å². The van der Waals surface area contributed by atoms with Gasteiger partial charge in [-0.05, 0) is 43.2 Å². The fourth-order valence-corrected chi connectivity index (χ4v) is 3.06. The summed E-state index contributed by atoms with van der Waals surface area (Å²) >= 11 is 0. The highest BCUT2D eigenvalue weighted by molar-refractivity contribution is 6.06. The molecule has 0 bridgehead atoms. The van der Waals surface area contributed by atoms with E-state index in [0.717, 1.165) is 17.7 Å². The minimum Gasteiger partial charge on any atom is -0.454 e. The minimum atomic E-state index is -0.643. The highest BCUT2D eigenvalue weighted by Crippen LogP contribution is 2.34. The van der Waals surface area contributed by atoms with Crippen LogP contribution in [-0.4, -0.2) is 30.4 Å². The molecule has 2 aliphatic heterocycles. The minimum absolute atomic E-state index is 0.170. The summed E-state index contributed by atoms with van der Waals surface area (Å²) in [5.41, 5.74) is 3.27. The van der Waals surface area contributed by atoms with Crippen molar-refractivity contribution < 1.29 is 23.9 Å². The van der Waals surface area contributed by atoms with E-state index in [-0.39, 0.29) is 18.6 Å². The van der Waals surface area contributed by atoms with Gasteiger partial charge in [-0.1, -0.05) is 18.1 Å². The van der Waals surface area contributed by atoms with E-state index in [1.54, 1.807) is 36.4 Å². The van der Waals surface area contributed by atoms with E-state index in [2.05, 4.69) is 15.8 Å².